The Morgan fingerprint density at radius 3 is 0.533 bits per heavy atom. The van der Waals surface area contributed by atoms with Gasteiger partial charge < -0.3 is 14.2 Å². The van der Waals surface area contributed by atoms with Gasteiger partial charge in [-0.15, -0.1) is 0 Å². The standard InChI is InChI=1S/C69H134O6/c1-4-7-10-13-16-19-22-24-26-28-30-32-33-34-35-37-38-40-42-44-47-50-53-56-59-62-68(71)74-65-66(64-73-67(70)61-58-55-52-49-46-21-18-15-12-9-6-3)75-69(72)63-60-57-54-51-48-45-43-41-39-36-31-29-27-25-23-20-17-14-11-8-5-2/h66H,4-65H2,1-3H3. The van der Waals surface area contributed by atoms with Gasteiger partial charge in [-0.1, -0.05) is 367 Å². The second-order valence-electron chi connectivity index (χ2n) is 23.8. The summed E-state index contributed by atoms with van der Waals surface area (Å²) in [4.78, 5) is 38.3. The lowest BCUT2D eigenvalue weighted by atomic mass is 10.0. The largest absolute Gasteiger partial charge is 0.462 e. The van der Waals surface area contributed by atoms with E-state index in [0.29, 0.717) is 19.3 Å². The summed E-state index contributed by atoms with van der Waals surface area (Å²) in [6.07, 6.45) is 75.6. The molecule has 0 amide bonds. The molecule has 0 aromatic heterocycles. The van der Waals surface area contributed by atoms with E-state index in [1.165, 1.54) is 308 Å². The van der Waals surface area contributed by atoms with Gasteiger partial charge >= 0.3 is 17.9 Å². The van der Waals surface area contributed by atoms with Crippen molar-refractivity contribution in [3.05, 3.63) is 0 Å². The van der Waals surface area contributed by atoms with Crippen molar-refractivity contribution in [3.8, 4) is 0 Å². The fourth-order valence-electron chi connectivity index (χ4n) is 10.9. The van der Waals surface area contributed by atoms with Gasteiger partial charge in [0, 0.05) is 19.3 Å². The Morgan fingerprint density at radius 2 is 0.360 bits per heavy atom. The fourth-order valence-corrected chi connectivity index (χ4v) is 10.9. The third kappa shape index (κ3) is 63.1. The van der Waals surface area contributed by atoms with Gasteiger partial charge in [0.05, 0.1) is 0 Å². The van der Waals surface area contributed by atoms with Gasteiger partial charge in [0.1, 0.15) is 13.2 Å². The highest BCUT2D eigenvalue weighted by atomic mass is 16.6. The molecule has 0 rings (SSSR count). The molecule has 0 aliphatic carbocycles. The van der Waals surface area contributed by atoms with E-state index < -0.39 is 6.10 Å². The minimum Gasteiger partial charge on any atom is -0.462 e. The lowest BCUT2D eigenvalue weighted by molar-refractivity contribution is -0.167. The van der Waals surface area contributed by atoms with Crippen molar-refractivity contribution in [1.29, 1.82) is 0 Å². The molecule has 0 aromatic carbocycles. The van der Waals surface area contributed by atoms with Crippen molar-refractivity contribution in [2.75, 3.05) is 13.2 Å². The van der Waals surface area contributed by atoms with Crippen molar-refractivity contribution < 1.29 is 28.6 Å². The van der Waals surface area contributed by atoms with Crippen LogP contribution in [-0.2, 0) is 28.6 Å². The zero-order valence-electron chi connectivity index (χ0n) is 51.4. The van der Waals surface area contributed by atoms with Gasteiger partial charge in [0.15, 0.2) is 6.10 Å². The van der Waals surface area contributed by atoms with E-state index in [1.807, 2.05) is 0 Å². The van der Waals surface area contributed by atoms with E-state index in [2.05, 4.69) is 20.8 Å². The van der Waals surface area contributed by atoms with Crippen molar-refractivity contribution in [1.82, 2.24) is 0 Å². The molecule has 0 fully saturated rings. The molecular weight excluding hydrogens is 925 g/mol. The summed E-state index contributed by atoms with van der Waals surface area (Å²) in [5.41, 5.74) is 0. The second kappa shape index (κ2) is 64.9. The summed E-state index contributed by atoms with van der Waals surface area (Å²) in [6.45, 7) is 6.73. The van der Waals surface area contributed by atoms with Gasteiger partial charge in [0.2, 0.25) is 0 Å². The molecule has 0 radical (unpaired) electrons. The molecular formula is C69H134O6. The lowest BCUT2D eigenvalue weighted by Gasteiger charge is -2.18. The molecule has 0 aromatic rings. The molecule has 0 bridgehead atoms. The number of rotatable bonds is 65. The summed E-state index contributed by atoms with van der Waals surface area (Å²) < 4.78 is 17.0. The van der Waals surface area contributed by atoms with Crippen LogP contribution in [0.1, 0.15) is 406 Å². The molecule has 0 saturated carbocycles. The zero-order valence-corrected chi connectivity index (χ0v) is 51.4. The molecule has 0 heterocycles. The van der Waals surface area contributed by atoms with E-state index in [0.717, 1.165) is 57.8 Å². The molecule has 1 unspecified atom stereocenters. The average molecular weight is 1060 g/mol. The van der Waals surface area contributed by atoms with E-state index in [-0.39, 0.29) is 31.1 Å². The molecule has 0 aliphatic heterocycles. The maximum absolute atomic E-state index is 12.9. The van der Waals surface area contributed by atoms with E-state index in [1.54, 1.807) is 0 Å². The molecule has 6 heteroatoms. The van der Waals surface area contributed by atoms with Crippen LogP contribution in [-0.4, -0.2) is 37.2 Å². The first-order valence-corrected chi connectivity index (χ1v) is 34.5. The molecule has 6 nitrogen and oxygen atoms in total. The number of esters is 3. The average Bonchev–Trinajstić information content (AvgIpc) is 3.41. The number of ether oxygens (including phenoxy) is 3. The Bertz CT molecular complexity index is 1120. The Balaban J connectivity index is 4.15. The molecule has 0 aliphatic rings. The smallest absolute Gasteiger partial charge is 0.306 e. The minimum absolute atomic E-state index is 0.0605. The third-order valence-electron chi connectivity index (χ3n) is 16.1. The highest BCUT2D eigenvalue weighted by Gasteiger charge is 2.19. The number of hydrogen-bond acceptors (Lipinski definition) is 6. The zero-order chi connectivity index (χ0) is 54.3. The topological polar surface area (TPSA) is 78.9 Å². The molecule has 446 valence electrons. The SMILES string of the molecule is CCCCCCCCCCCCCCCCCCCCCCCCCCCC(=O)OCC(COC(=O)CCCCCCCCCCCCC)OC(=O)CCCCCCCCCCCCCCCCCCCCCCC. The summed E-state index contributed by atoms with van der Waals surface area (Å²) in [7, 11) is 0. The van der Waals surface area contributed by atoms with Crippen LogP contribution in [0.2, 0.25) is 0 Å². The van der Waals surface area contributed by atoms with Crippen molar-refractivity contribution >= 4 is 17.9 Å². The van der Waals surface area contributed by atoms with Gasteiger partial charge in [-0.25, -0.2) is 0 Å². The van der Waals surface area contributed by atoms with Gasteiger partial charge in [-0.05, 0) is 19.3 Å². The van der Waals surface area contributed by atoms with Crippen LogP contribution in [0.15, 0.2) is 0 Å². The van der Waals surface area contributed by atoms with Crippen LogP contribution in [0.3, 0.4) is 0 Å². The first-order valence-electron chi connectivity index (χ1n) is 34.5. The molecule has 1 atom stereocenters. The first-order chi connectivity index (χ1) is 37.0. The molecule has 75 heavy (non-hydrogen) atoms. The third-order valence-corrected chi connectivity index (χ3v) is 16.1. The minimum atomic E-state index is -0.762. The van der Waals surface area contributed by atoms with Gasteiger partial charge in [0.25, 0.3) is 0 Å². The molecule has 0 N–H and O–H groups in total. The monoisotopic (exact) mass is 1060 g/mol. The van der Waals surface area contributed by atoms with Crippen LogP contribution in [0, 0.1) is 0 Å². The molecule has 0 saturated heterocycles. The van der Waals surface area contributed by atoms with Crippen molar-refractivity contribution in [2.45, 2.75) is 412 Å². The summed E-state index contributed by atoms with van der Waals surface area (Å²) in [6, 6.07) is 0. The Morgan fingerprint density at radius 1 is 0.213 bits per heavy atom. The van der Waals surface area contributed by atoms with E-state index in [4.69, 9.17) is 14.2 Å². The van der Waals surface area contributed by atoms with Gasteiger partial charge in [-0.2, -0.15) is 0 Å². The van der Waals surface area contributed by atoms with Crippen LogP contribution in [0.5, 0.6) is 0 Å². The number of carbonyl (C=O) groups excluding carboxylic acids is 3. The lowest BCUT2D eigenvalue weighted by Crippen LogP contribution is -2.30. The van der Waals surface area contributed by atoms with Crippen molar-refractivity contribution in [2.24, 2.45) is 0 Å². The maximum atomic E-state index is 12.9. The van der Waals surface area contributed by atoms with Gasteiger partial charge in [-0.3, -0.25) is 14.4 Å². The number of hydrogen-bond donors (Lipinski definition) is 0. The number of unbranched alkanes of at least 4 members (excludes halogenated alkanes) is 54. The summed E-state index contributed by atoms with van der Waals surface area (Å²) >= 11 is 0. The predicted molar refractivity (Wildman–Crippen MR) is 326 cm³/mol. The van der Waals surface area contributed by atoms with Crippen molar-refractivity contribution in [3.63, 3.8) is 0 Å². The summed E-state index contributed by atoms with van der Waals surface area (Å²) in [5.74, 6) is -0.824. The highest BCUT2D eigenvalue weighted by molar-refractivity contribution is 5.71. The molecule has 0 spiro atoms. The van der Waals surface area contributed by atoms with E-state index >= 15 is 0 Å². The maximum Gasteiger partial charge on any atom is 0.306 e. The first kappa shape index (κ1) is 73.4. The number of carbonyl (C=O) groups is 3. The highest BCUT2D eigenvalue weighted by Crippen LogP contribution is 2.19. The predicted octanol–water partition coefficient (Wildman–Crippen LogP) is 23.5. The van der Waals surface area contributed by atoms with Crippen LogP contribution >= 0.6 is 0 Å². The quantitative estimate of drug-likeness (QED) is 0.0343. The Hall–Kier alpha value is -1.59. The van der Waals surface area contributed by atoms with Crippen LogP contribution < -0.4 is 0 Å². The second-order valence-corrected chi connectivity index (χ2v) is 23.8. The Labute approximate surface area is 469 Å². The summed E-state index contributed by atoms with van der Waals surface area (Å²) in [5, 5.41) is 0. The normalized spacial score (nSPS) is 11.9. The van der Waals surface area contributed by atoms with Crippen LogP contribution in [0.25, 0.3) is 0 Å². The Kier molecular flexibility index (Phi) is 63.6. The van der Waals surface area contributed by atoms with E-state index in [9.17, 15) is 14.4 Å². The van der Waals surface area contributed by atoms with Crippen LogP contribution in [0.4, 0.5) is 0 Å². The fraction of sp³-hybridized carbons (Fsp3) is 0.957.